The van der Waals surface area contributed by atoms with Crippen LogP contribution in [0.25, 0.3) is 5.57 Å². The summed E-state index contributed by atoms with van der Waals surface area (Å²) in [7, 11) is 0. The molecule has 1 unspecified atom stereocenters. The third-order valence-electron chi connectivity index (χ3n) is 5.71. The van der Waals surface area contributed by atoms with E-state index in [4.69, 9.17) is 0 Å². The number of hydrogen-bond donors (Lipinski definition) is 1. The van der Waals surface area contributed by atoms with Gasteiger partial charge in [0.1, 0.15) is 0 Å². The molecule has 0 bridgehead atoms. The number of nitrogens with one attached hydrogen (secondary N) is 1. The highest BCUT2D eigenvalue weighted by atomic mass is 16.1. The zero-order chi connectivity index (χ0) is 19.4. The van der Waals surface area contributed by atoms with Gasteiger partial charge in [0.15, 0.2) is 11.6 Å². The smallest absolute Gasteiger partial charge is 0.196 e. The van der Waals surface area contributed by atoms with Gasteiger partial charge < -0.3 is 5.32 Å². The van der Waals surface area contributed by atoms with Crippen molar-refractivity contribution < 1.29 is 9.59 Å². The Morgan fingerprint density at radius 1 is 0.821 bits per heavy atom. The molecule has 0 aromatic heterocycles. The van der Waals surface area contributed by atoms with E-state index in [1.807, 2.05) is 74.5 Å². The van der Waals surface area contributed by atoms with Gasteiger partial charge in [-0.05, 0) is 53.5 Å². The van der Waals surface area contributed by atoms with Crippen LogP contribution in [-0.2, 0) is 4.79 Å². The third-order valence-corrected chi connectivity index (χ3v) is 5.71. The highest BCUT2D eigenvalue weighted by Gasteiger charge is 2.36. The summed E-state index contributed by atoms with van der Waals surface area (Å²) >= 11 is 0. The quantitative estimate of drug-likeness (QED) is 0.517. The molecule has 0 saturated heterocycles. The molecule has 1 N–H and O–H groups in total. The minimum atomic E-state index is -0.246. The molecule has 1 atom stereocenters. The first kappa shape index (κ1) is 16.7. The Bertz CT molecular complexity index is 1190. The number of ketones is 2. The van der Waals surface area contributed by atoms with E-state index in [0.717, 1.165) is 33.6 Å². The largest absolute Gasteiger partial charge is 0.355 e. The van der Waals surface area contributed by atoms with Crippen LogP contribution in [0.1, 0.15) is 51.0 Å². The predicted octanol–water partition coefficient (Wildman–Crippen LogP) is 5.40. The zero-order valence-corrected chi connectivity index (χ0v) is 15.7. The second-order valence-corrected chi connectivity index (χ2v) is 7.50. The first-order valence-corrected chi connectivity index (χ1v) is 9.45. The van der Waals surface area contributed by atoms with Crippen LogP contribution in [0.2, 0.25) is 0 Å². The number of fused-ring (bicyclic) bond motifs is 2. The summed E-state index contributed by atoms with van der Waals surface area (Å²) in [6.07, 6.45) is 1.71. The van der Waals surface area contributed by atoms with E-state index in [2.05, 4.69) is 5.32 Å². The van der Waals surface area contributed by atoms with Crippen LogP contribution in [0.15, 0.2) is 66.7 Å². The Kier molecular flexibility index (Phi) is 3.59. The zero-order valence-electron chi connectivity index (χ0n) is 15.7. The van der Waals surface area contributed by atoms with Gasteiger partial charge in [-0.25, -0.2) is 0 Å². The van der Waals surface area contributed by atoms with Crippen molar-refractivity contribution in [3.05, 3.63) is 100 Å². The first-order chi connectivity index (χ1) is 13.5. The van der Waals surface area contributed by atoms with Crippen LogP contribution in [0.3, 0.4) is 0 Å². The lowest BCUT2D eigenvalue weighted by Gasteiger charge is -2.31. The number of carbonyl (C=O) groups is 2. The van der Waals surface area contributed by atoms with Crippen molar-refractivity contribution in [1.82, 2.24) is 0 Å². The molecule has 0 fully saturated rings. The summed E-state index contributed by atoms with van der Waals surface area (Å²) in [5, 5.41) is 3.41. The van der Waals surface area contributed by atoms with Gasteiger partial charge in [0, 0.05) is 17.2 Å². The lowest BCUT2D eigenvalue weighted by Crippen LogP contribution is -2.24. The maximum absolute atomic E-state index is 13.4. The lowest BCUT2D eigenvalue weighted by molar-refractivity contribution is -0.115. The Hall–Kier alpha value is -3.46. The normalized spacial score (nSPS) is 16.9. The number of carbonyl (C=O) groups excluding carboxylic acids is 2. The van der Waals surface area contributed by atoms with E-state index in [1.165, 1.54) is 5.56 Å². The molecule has 3 aromatic carbocycles. The van der Waals surface area contributed by atoms with E-state index >= 15 is 0 Å². The van der Waals surface area contributed by atoms with Crippen LogP contribution in [0.4, 0.5) is 11.4 Å². The molecular formula is C25H19NO2. The van der Waals surface area contributed by atoms with Gasteiger partial charge in [0.05, 0.1) is 11.3 Å². The summed E-state index contributed by atoms with van der Waals surface area (Å²) in [5.41, 5.74) is 7.70. The standard InChI is InChI=1S/C25H19NO2/c1-14-7-9-16(10-8-14)26-21-12-11-17-15(2)22(27)13-20-18-5-3-4-6-19(18)25(28)24(21)23(17)20/h3-13,15,26H,1-2H3. The Balaban J connectivity index is 1.75. The highest BCUT2D eigenvalue weighted by Crippen LogP contribution is 2.46. The molecule has 2 aliphatic carbocycles. The highest BCUT2D eigenvalue weighted by molar-refractivity contribution is 6.25. The molecule has 28 heavy (non-hydrogen) atoms. The molecule has 0 saturated carbocycles. The Morgan fingerprint density at radius 2 is 1.54 bits per heavy atom. The lowest BCUT2D eigenvalue weighted by atomic mass is 9.72. The van der Waals surface area contributed by atoms with Crippen LogP contribution in [0.5, 0.6) is 0 Å². The van der Waals surface area contributed by atoms with E-state index in [0.29, 0.717) is 11.1 Å². The molecule has 136 valence electrons. The number of rotatable bonds is 2. The first-order valence-electron chi connectivity index (χ1n) is 9.45. The monoisotopic (exact) mass is 365 g/mol. The fourth-order valence-corrected chi connectivity index (χ4v) is 4.16. The molecule has 5 rings (SSSR count). The average Bonchev–Trinajstić information content (AvgIpc) is 2.71. The number of aryl methyl sites for hydroxylation is 1. The molecule has 3 heteroatoms. The summed E-state index contributed by atoms with van der Waals surface area (Å²) in [6, 6.07) is 19.5. The van der Waals surface area contributed by atoms with E-state index < -0.39 is 0 Å². The molecule has 0 aliphatic heterocycles. The maximum atomic E-state index is 13.4. The maximum Gasteiger partial charge on any atom is 0.196 e. The average molecular weight is 365 g/mol. The molecule has 0 amide bonds. The number of hydrogen-bond acceptors (Lipinski definition) is 3. The van der Waals surface area contributed by atoms with Crippen molar-refractivity contribution in [2.45, 2.75) is 19.8 Å². The number of benzene rings is 3. The SMILES string of the molecule is Cc1ccc(Nc2ccc3c4c2C(=O)c2ccccc2C4=CC(=O)C3C)cc1. The number of anilines is 2. The van der Waals surface area contributed by atoms with Crippen LogP contribution >= 0.6 is 0 Å². The summed E-state index contributed by atoms with van der Waals surface area (Å²) in [5.74, 6) is -0.165. The minimum Gasteiger partial charge on any atom is -0.355 e. The molecular weight excluding hydrogens is 346 g/mol. The van der Waals surface area contributed by atoms with Crippen molar-refractivity contribution in [2.24, 2.45) is 0 Å². The molecule has 3 aromatic rings. The van der Waals surface area contributed by atoms with Gasteiger partial charge in [-0.1, -0.05) is 55.0 Å². The summed E-state index contributed by atoms with van der Waals surface area (Å²) in [6.45, 7) is 3.95. The van der Waals surface area contributed by atoms with Crippen molar-refractivity contribution in [2.75, 3.05) is 5.32 Å². The predicted molar refractivity (Wildman–Crippen MR) is 111 cm³/mol. The number of allylic oxidation sites excluding steroid dienone is 1. The van der Waals surface area contributed by atoms with Crippen molar-refractivity contribution in [3.63, 3.8) is 0 Å². The van der Waals surface area contributed by atoms with Crippen LogP contribution in [-0.4, -0.2) is 11.6 Å². The van der Waals surface area contributed by atoms with Crippen LogP contribution in [0, 0.1) is 6.92 Å². The molecule has 0 heterocycles. The van der Waals surface area contributed by atoms with Gasteiger partial charge in [-0.3, -0.25) is 9.59 Å². The second-order valence-electron chi connectivity index (χ2n) is 7.50. The minimum absolute atomic E-state index is 0.000704. The van der Waals surface area contributed by atoms with E-state index in [1.54, 1.807) is 6.08 Å². The van der Waals surface area contributed by atoms with Gasteiger partial charge >= 0.3 is 0 Å². The summed E-state index contributed by atoms with van der Waals surface area (Å²) < 4.78 is 0. The Labute approximate surface area is 163 Å². The third kappa shape index (κ3) is 2.36. The van der Waals surface area contributed by atoms with Gasteiger partial charge in [-0.2, -0.15) is 0 Å². The molecule has 0 spiro atoms. The topological polar surface area (TPSA) is 46.2 Å². The van der Waals surface area contributed by atoms with Gasteiger partial charge in [0.25, 0.3) is 0 Å². The molecule has 3 nitrogen and oxygen atoms in total. The van der Waals surface area contributed by atoms with E-state index in [9.17, 15) is 9.59 Å². The van der Waals surface area contributed by atoms with Crippen LogP contribution < -0.4 is 5.32 Å². The summed E-state index contributed by atoms with van der Waals surface area (Å²) in [4.78, 5) is 26.0. The van der Waals surface area contributed by atoms with Crippen molar-refractivity contribution >= 4 is 28.5 Å². The molecule has 2 aliphatic rings. The van der Waals surface area contributed by atoms with Crippen molar-refractivity contribution in [1.29, 1.82) is 0 Å². The fraction of sp³-hybridized carbons (Fsp3) is 0.120. The Morgan fingerprint density at radius 3 is 2.29 bits per heavy atom. The van der Waals surface area contributed by atoms with Gasteiger partial charge in [-0.15, -0.1) is 0 Å². The van der Waals surface area contributed by atoms with E-state index in [-0.39, 0.29) is 17.5 Å². The fourth-order valence-electron chi connectivity index (χ4n) is 4.16. The van der Waals surface area contributed by atoms with Crippen molar-refractivity contribution in [3.8, 4) is 0 Å². The molecule has 0 radical (unpaired) electrons. The van der Waals surface area contributed by atoms with Gasteiger partial charge in [0.2, 0.25) is 0 Å². The second kappa shape index (κ2) is 6.03.